The molecular formula is C13H10N4O4. The molecule has 8 nitrogen and oxygen atoms in total. The van der Waals surface area contributed by atoms with Crippen molar-refractivity contribution in [3.05, 3.63) is 42.5 Å². The van der Waals surface area contributed by atoms with Gasteiger partial charge in [-0.05, 0) is 12.1 Å². The lowest BCUT2D eigenvalue weighted by molar-refractivity contribution is 0.0694. The van der Waals surface area contributed by atoms with Gasteiger partial charge in [-0.1, -0.05) is 0 Å². The highest BCUT2D eigenvalue weighted by molar-refractivity contribution is 5.91. The fourth-order valence-electron chi connectivity index (χ4n) is 1.80. The SMILES string of the molecule is COc1ccc(C(=O)O)c(Oc2nccn3cnnc23)c1. The molecule has 0 radical (unpaired) electrons. The highest BCUT2D eigenvalue weighted by Crippen LogP contribution is 2.29. The minimum Gasteiger partial charge on any atom is -0.497 e. The Bertz CT molecular complexity index is 815. The van der Waals surface area contributed by atoms with Crippen LogP contribution in [-0.2, 0) is 0 Å². The Balaban J connectivity index is 2.08. The lowest BCUT2D eigenvalue weighted by Crippen LogP contribution is -2.02. The van der Waals surface area contributed by atoms with Gasteiger partial charge in [0.05, 0.1) is 7.11 Å². The summed E-state index contributed by atoms with van der Waals surface area (Å²) in [6.07, 6.45) is 4.66. The van der Waals surface area contributed by atoms with Crippen LogP contribution in [0.3, 0.4) is 0 Å². The van der Waals surface area contributed by atoms with E-state index in [4.69, 9.17) is 9.47 Å². The van der Waals surface area contributed by atoms with Gasteiger partial charge in [0.25, 0.3) is 5.88 Å². The summed E-state index contributed by atoms with van der Waals surface area (Å²) >= 11 is 0. The zero-order chi connectivity index (χ0) is 14.8. The highest BCUT2D eigenvalue weighted by Gasteiger charge is 2.16. The molecule has 0 amide bonds. The predicted octanol–water partition coefficient (Wildman–Crippen LogP) is 1.62. The summed E-state index contributed by atoms with van der Waals surface area (Å²) < 4.78 is 12.3. The summed E-state index contributed by atoms with van der Waals surface area (Å²) in [5.41, 5.74) is 0.385. The van der Waals surface area contributed by atoms with Gasteiger partial charge in [-0.15, -0.1) is 10.2 Å². The molecule has 0 spiro atoms. The third-order valence-electron chi connectivity index (χ3n) is 2.81. The summed E-state index contributed by atoms with van der Waals surface area (Å²) in [6.45, 7) is 0. The smallest absolute Gasteiger partial charge is 0.339 e. The Morgan fingerprint density at radius 1 is 1.38 bits per heavy atom. The summed E-state index contributed by atoms with van der Waals surface area (Å²) in [5, 5.41) is 16.8. The largest absolute Gasteiger partial charge is 0.497 e. The van der Waals surface area contributed by atoms with Gasteiger partial charge in [-0.3, -0.25) is 4.40 Å². The van der Waals surface area contributed by atoms with Gasteiger partial charge in [0.2, 0.25) is 5.65 Å². The van der Waals surface area contributed by atoms with Gasteiger partial charge in [-0.2, -0.15) is 0 Å². The summed E-state index contributed by atoms with van der Waals surface area (Å²) in [7, 11) is 1.48. The molecule has 8 heteroatoms. The van der Waals surface area contributed by atoms with Crippen LogP contribution in [0.15, 0.2) is 36.9 Å². The van der Waals surface area contributed by atoms with Crippen LogP contribution in [0.1, 0.15) is 10.4 Å². The zero-order valence-corrected chi connectivity index (χ0v) is 10.9. The lowest BCUT2D eigenvalue weighted by Gasteiger charge is -2.09. The fraction of sp³-hybridized carbons (Fsp3) is 0.0769. The van der Waals surface area contributed by atoms with Gasteiger partial charge in [0.1, 0.15) is 23.4 Å². The van der Waals surface area contributed by atoms with E-state index >= 15 is 0 Å². The highest BCUT2D eigenvalue weighted by atomic mass is 16.5. The van der Waals surface area contributed by atoms with Crippen LogP contribution >= 0.6 is 0 Å². The van der Waals surface area contributed by atoms with Crippen molar-refractivity contribution in [3.63, 3.8) is 0 Å². The molecule has 0 aliphatic carbocycles. The molecule has 3 aromatic rings. The Morgan fingerprint density at radius 3 is 3.00 bits per heavy atom. The average Bonchev–Trinajstić information content (AvgIpc) is 2.96. The molecule has 21 heavy (non-hydrogen) atoms. The molecule has 0 fully saturated rings. The summed E-state index contributed by atoms with van der Waals surface area (Å²) in [6, 6.07) is 4.42. The minimum absolute atomic E-state index is 0.000816. The Morgan fingerprint density at radius 2 is 2.24 bits per heavy atom. The van der Waals surface area contributed by atoms with Gasteiger partial charge >= 0.3 is 5.97 Å². The van der Waals surface area contributed by atoms with Crippen molar-refractivity contribution in [1.82, 2.24) is 19.6 Å². The van der Waals surface area contributed by atoms with E-state index in [9.17, 15) is 9.90 Å². The molecule has 3 rings (SSSR count). The van der Waals surface area contributed by atoms with Crippen LogP contribution in [0, 0.1) is 0 Å². The maximum absolute atomic E-state index is 11.3. The van der Waals surface area contributed by atoms with E-state index in [1.165, 1.54) is 31.8 Å². The van der Waals surface area contributed by atoms with Crippen molar-refractivity contribution >= 4 is 11.6 Å². The molecule has 0 aliphatic rings. The third-order valence-corrected chi connectivity index (χ3v) is 2.81. The maximum Gasteiger partial charge on any atom is 0.339 e. The Kier molecular flexibility index (Phi) is 3.11. The van der Waals surface area contributed by atoms with Crippen molar-refractivity contribution in [2.45, 2.75) is 0 Å². The molecule has 2 aromatic heterocycles. The van der Waals surface area contributed by atoms with E-state index in [0.29, 0.717) is 11.4 Å². The normalized spacial score (nSPS) is 10.5. The molecule has 0 saturated heterocycles. The second-order valence-corrected chi connectivity index (χ2v) is 4.06. The first-order chi connectivity index (χ1) is 10.2. The summed E-state index contributed by atoms with van der Waals surface area (Å²) in [4.78, 5) is 15.3. The molecule has 0 unspecified atom stereocenters. The van der Waals surface area contributed by atoms with E-state index < -0.39 is 5.97 Å². The van der Waals surface area contributed by atoms with Crippen LogP contribution < -0.4 is 9.47 Å². The topological polar surface area (TPSA) is 98.8 Å². The number of hydrogen-bond acceptors (Lipinski definition) is 6. The van der Waals surface area contributed by atoms with Crippen LogP contribution in [0.5, 0.6) is 17.4 Å². The van der Waals surface area contributed by atoms with Gasteiger partial charge in [0.15, 0.2) is 0 Å². The Labute approximate surface area is 118 Å². The minimum atomic E-state index is -1.11. The summed E-state index contributed by atoms with van der Waals surface area (Å²) in [5.74, 6) is -0.360. The van der Waals surface area contributed by atoms with Crippen molar-refractivity contribution in [2.24, 2.45) is 0 Å². The third kappa shape index (κ3) is 2.34. The molecule has 1 N–H and O–H groups in total. The predicted molar refractivity (Wildman–Crippen MR) is 70.8 cm³/mol. The van der Waals surface area contributed by atoms with Crippen molar-refractivity contribution in [1.29, 1.82) is 0 Å². The van der Waals surface area contributed by atoms with E-state index in [2.05, 4.69) is 15.2 Å². The lowest BCUT2D eigenvalue weighted by atomic mass is 10.2. The van der Waals surface area contributed by atoms with Crippen molar-refractivity contribution in [2.75, 3.05) is 7.11 Å². The average molecular weight is 286 g/mol. The van der Waals surface area contributed by atoms with E-state index in [-0.39, 0.29) is 17.2 Å². The zero-order valence-electron chi connectivity index (χ0n) is 10.9. The number of ether oxygens (including phenoxy) is 2. The Hall–Kier alpha value is -3.16. The molecule has 0 atom stereocenters. The standard InChI is InChI=1S/C13H10N4O4/c1-20-8-2-3-9(13(18)19)10(6-8)21-12-11-16-15-7-17(11)5-4-14-12/h2-7H,1H3,(H,18,19). The van der Waals surface area contributed by atoms with Crippen molar-refractivity contribution < 1.29 is 19.4 Å². The molecule has 106 valence electrons. The van der Waals surface area contributed by atoms with Crippen molar-refractivity contribution in [3.8, 4) is 17.4 Å². The molecule has 0 saturated carbocycles. The molecule has 0 bridgehead atoms. The molecule has 1 aromatic carbocycles. The molecule has 2 heterocycles. The van der Waals surface area contributed by atoms with E-state index in [1.807, 2.05) is 0 Å². The van der Waals surface area contributed by atoms with Gasteiger partial charge < -0.3 is 14.6 Å². The number of rotatable bonds is 4. The first-order valence-corrected chi connectivity index (χ1v) is 5.92. The quantitative estimate of drug-likeness (QED) is 0.778. The number of nitrogens with zero attached hydrogens (tertiary/aromatic N) is 4. The van der Waals surface area contributed by atoms with Gasteiger partial charge in [-0.25, -0.2) is 9.78 Å². The van der Waals surface area contributed by atoms with Crippen LogP contribution in [0.4, 0.5) is 0 Å². The van der Waals surface area contributed by atoms with Gasteiger partial charge in [0, 0.05) is 18.5 Å². The number of aromatic nitrogens is 4. The number of carboxylic acids is 1. The number of fused-ring (bicyclic) bond motifs is 1. The number of hydrogen-bond donors (Lipinski definition) is 1. The number of benzene rings is 1. The number of carbonyl (C=O) groups is 1. The number of methoxy groups -OCH3 is 1. The second-order valence-electron chi connectivity index (χ2n) is 4.06. The first-order valence-electron chi connectivity index (χ1n) is 5.92. The van der Waals surface area contributed by atoms with E-state index in [1.54, 1.807) is 16.7 Å². The molecule has 0 aliphatic heterocycles. The number of carboxylic acid groups (broad SMARTS) is 1. The van der Waals surface area contributed by atoms with Crippen LogP contribution in [0.2, 0.25) is 0 Å². The molecular weight excluding hydrogens is 276 g/mol. The van der Waals surface area contributed by atoms with Crippen LogP contribution in [-0.4, -0.2) is 37.8 Å². The fourth-order valence-corrected chi connectivity index (χ4v) is 1.80. The number of aromatic carboxylic acids is 1. The monoisotopic (exact) mass is 286 g/mol. The maximum atomic E-state index is 11.3. The van der Waals surface area contributed by atoms with E-state index in [0.717, 1.165) is 0 Å². The first kappa shape index (κ1) is 12.9. The second kappa shape index (κ2) is 5.08. The van der Waals surface area contributed by atoms with Crippen LogP contribution in [0.25, 0.3) is 5.65 Å².